The van der Waals surface area contributed by atoms with Crippen molar-refractivity contribution in [3.05, 3.63) is 0 Å². The third-order valence-electron chi connectivity index (χ3n) is 5.46. The summed E-state index contributed by atoms with van der Waals surface area (Å²) in [5.41, 5.74) is 0. The van der Waals surface area contributed by atoms with Crippen LogP contribution in [-0.2, 0) is 24.0 Å². The standard InChI is InChI=1S/C22H39N5O5/c1-12(2)11-16(25-15(6)28)19(29)24-14(5)22(32)27-10-8-9-17(27)20(30)26-18(13(3)4)21(31)23-7/h12-14,16-18H,8-11H2,1-7H3,(H,23,31)(H,24,29)(H,25,28)(H,26,30)/t14-,16+,17+,18+/m1/s1. The van der Waals surface area contributed by atoms with Gasteiger partial charge in [0.25, 0.3) is 0 Å². The lowest BCUT2D eigenvalue weighted by Gasteiger charge is -2.30. The van der Waals surface area contributed by atoms with Gasteiger partial charge in [-0.05, 0) is 38.0 Å². The van der Waals surface area contributed by atoms with Crippen molar-refractivity contribution >= 4 is 29.5 Å². The fourth-order valence-electron chi connectivity index (χ4n) is 3.82. The number of likely N-dealkylation sites (N-methyl/N-ethyl adjacent to an activating group) is 1. The Morgan fingerprint density at radius 3 is 2.06 bits per heavy atom. The van der Waals surface area contributed by atoms with Crippen LogP contribution >= 0.6 is 0 Å². The number of carbonyl (C=O) groups is 5. The van der Waals surface area contributed by atoms with E-state index in [4.69, 9.17) is 0 Å². The Bertz CT molecular complexity index is 709. The molecular formula is C22H39N5O5. The van der Waals surface area contributed by atoms with Crippen LogP contribution in [0.4, 0.5) is 0 Å². The zero-order valence-corrected chi connectivity index (χ0v) is 20.3. The molecule has 10 heteroatoms. The van der Waals surface area contributed by atoms with Gasteiger partial charge in [-0.2, -0.15) is 0 Å². The molecule has 4 atom stereocenters. The van der Waals surface area contributed by atoms with Gasteiger partial charge >= 0.3 is 0 Å². The van der Waals surface area contributed by atoms with Crippen molar-refractivity contribution < 1.29 is 24.0 Å². The summed E-state index contributed by atoms with van der Waals surface area (Å²) < 4.78 is 0. The number of amides is 5. The van der Waals surface area contributed by atoms with Crippen LogP contribution in [0.3, 0.4) is 0 Å². The third-order valence-corrected chi connectivity index (χ3v) is 5.46. The SMILES string of the molecule is CNC(=O)[C@@H](NC(=O)[C@@H]1CCCN1C(=O)[C@@H](C)NC(=O)[C@H](CC(C)C)NC(C)=O)C(C)C. The van der Waals surface area contributed by atoms with E-state index >= 15 is 0 Å². The molecule has 0 aromatic rings. The molecule has 0 bridgehead atoms. The van der Waals surface area contributed by atoms with E-state index in [2.05, 4.69) is 21.3 Å². The second-order valence-corrected chi connectivity index (χ2v) is 9.15. The molecule has 1 aliphatic heterocycles. The van der Waals surface area contributed by atoms with Crippen molar-refractivity contribution in [3.8, 4) is 0 Å². The number of hydrogen-bond acceptors (Lipinski definition) is 5. The Labute approximate surface area is 190 Å². The molecule has 0 saturated carbocycles. The van der Waals surface area contributed by atoms with Crippen LogP contribution in [0.1, 0.15) is 60.8 Å². The first-order valence-corrected chi connectivity index (χ1v) is 11.3. The van der Waals surface area contributed by atoms with Crippen LogP contribution < -0.4 is 21.3 Å². The van der Waals surface area contributed by atoms with Crippen molar-refractivity contribution in [1.29, 1.82) is 0 Å². The van der Waals surface area contributed by atoms with Gasteiger partial charge in [0.15, 0.2) is 0 Å². The van der Waals surface area contributed by atoms with Crippen molar-refractivity contribution in [2.45, 2.75) is 85.0 Å². The zero-order chi connectivity index (χ0) is 24.6. The number of rotatable bonds is 10. The molecule has 4 N–H and O–H groups in total. The molecule has 1 aliphatic rings. The maximum absolute atomic E-state index is 13.0. The van der Waals surface area contributed by atoms with E-state index in [0.717, 1.165) is 0 Å². The molecule has 0 aliphatic carbocycles. The first-order valence-electron chi connectivity index (χ1n) is 11.3. The molecular weight excluding hydrogens is 414 g/mol. The Morgan fingerprint density at radius 2 is 1.56 bits per heavy atom. The summed E-state index contributed by atoms with van der Waals surface area (Å²) >= 11 is 0. The predicted octanol–water partition coefficient (Wildman–Crippen LogP) is -0.0803. The second kappa shape index (κ2) is 12.4. The van der Waals surface area contributed by atoms with Crippen LogP contribution in [0.25, 0.3) is 0 Å². The summed E-state index contributed by atoms with van der Waals surface area (Å²) in [7, 11) is 1.51. The van der Waals surface area contributed by atoms with Crippen molar-refractivity contribution in [1.82, 2.24) is 26.2 Å². The minimum atomic E-state index is -0.862. The quantitative estimate of drug-likeness (QED) is 0.367. The molecule has 5 amide bonds. The fraction of sp³-hybridized carbons (Fsp3) is 0.773. The van der Waals surface area contributed by atoms with E-state index in [1.54, 1.807) is 6.92 Å². The average Bonchev–Trinajstić information content (AvgIpc) is 3.19. The molecule has 0 aromatic heterocycles. The number of hydrogen-bond donors (Lipinski definition) is 4. The summed E-state index contributed by atoms with van der Waals surface area (Å²) in [6, 6.07) is -3.00. The Balaban J connectivity index is 2.84. The van der Waals surface area contributed by atoms with Crippen molar-refractivity contribution in [3.63, 3.8) is 0 Å². The molecule has 32 heavy (non-hydrogen) atoms. The van der Waals surface area contributed by atoms with Gasteiger partial charge in [0, 0.05) is 20.5 Å². The lowest BCUT2D eigenvalue weighted by atomic mass is 10.0. The van der Waals surface area contributed by atoms with Gasteiger partial charge in [0.1, 0.15) is 24.2 Å². The van der Waals surface area contributed by atoms with Crippen LogP contribution in [0.5, 0.6) is 0 Å². The average molecular weight is 454 g/mol. The van der Waals surface area contributed by atoms with Crippen LogP contribution in [0.15, 0.2) is 0 Å². The first-order chi connectivity index (χ1) is 14.9. The van der Waals surface area contributed by atoms with E-state index in [1.165, 1.54) is 18.9 Å². The molecule has 1 rings (SSSR count). The van der Waals surface area contributed by atoms with E-state index in [-0.39, 0.29) is 35.5 Å². The number of nitrogens with zero attached hydrogens (tertiary/aromatic N) is 1. The van der Waals surface area contributed by atoms with Crippen molar-refractivity contribution in [2.24, 2.45) is 11.8 Å². The maximum atomic E-state index is 13.0. The molecule has 0 aromatic carbocycles. The molecule has 182 valence electrons. The van der Waals surface area contributed by atoms with Gasteiger partial charge in [-0.1, -0.05) is 27.7 Å². The molecule has 10 nitrogen and oxygen atoms in total. The highest BCUT2D eigenvalue weighted by molar-refractivity contribution is 5.95. The second-order valence-electron chi connectivity index (χ2n) is 9.15. The highest BCUT2D eigenvalue weighted by Gasteiger charge is 2.38. The maximum Gasteiger partial charge on any atom is 0.245 e. The molecule has 0 radical (unpaired) electrons. The Hall–Kier alpha value is -2.65. The monoisotopic (exact) mass is 453 g/mol. The summed E-state index contributed by atoms with van der Waals surface area (Å²) in [5.74, 6) is -1.75. The van der Waals surface area contributed by atoms with Gasteiger partial charge < -0.3 is 26.2 Å². The topological polar surface area (TPSA) is 137 Å². The van der Waals surface area contributed by atoms with Gasteiger partial charge in [0.2, 0.25) is 29.5 Å². The fourth-order valence-corrected chi connectivity index (χ4v) is 3.82. The Kier molecular flexibility index (Phi) is 10.6. The predicted molar refractivity (Wildman–Crippen MR) is 120 cm³/mol. The normalized spacial score (nSPS) is 18.7. The van der Waals surface area contributed by atoms with Gasteiger partial charge in [-0.25, -0.2) is 0 Å². The highest BCUT2D eigenvalue weighted by Crippen LogP contribution is 2.19. The Morgan fingerprint density at radius 1 is 0.938 bits per heavy atom. The first kappa shape index (κ1) is 27.4. The van der Waals surface area contributed by atoms with Gasteiger partial charge in [-0.15, -0.1) is 0 Å². The minimum Gasteiger partial charge on any atom is -0.357 e. The van der Waals surface area contributed by atoms with Gasteiger partial charge in [-0.3, -0.25) is 24.0 Å². The summed E-state index contributed by atoms with van der Waals surface area (Å²) in [6.07, 6.45) is 1.58. The molecule has 1 heterocycles. The summed E-state index contributed by atoms with van der Waals surface area (Å²) in [5, 5.41) is 10.6. The highest BCUT2D eigenvalue weighted by atomic mass is 16.2. The number of carbonyl (C=O) groups excluding carboxylic acids is 5. The number of likely N-dealkylation sites (tertiary alicyclic amines) is 1. The summed E-state index contributed by atoms with van der Waals surface area (Å²) in [4.78, 5) is 63.6. The van der Waals surface area contributed by atoms with Crippen LogP contribution in [0.2, 0.25) is 0 Å². The molecule has 0 spiro atoms. The van der Waals surface area contributed by atoms with E-state index in [1.807, 2.05) is 27.7 Å². The molecule has 1 saturated heterocycles. The zero-order valence-electron chi connectivity index (χ0n) is 20.3. The number of nitrogens with one attached hydrogen (secondary N) is 4. The smallest absolute Gasteiger partial charge is 0.245 e. The lowest BCUT2D eigenvalue weighted by molar-refractivity contribution is -0.142. The minimum absolute atomic E-state index is 0.116. The van der Waals surface area contributed by atoms with Crippen LogP contribution in [-0.4, -0.2) is 72.2 Å². The lowest BCUT2D eigenvalue weighted by Crippen LogP contribution is -2.57. The van der Waals surface area contributed by atoms with Crippen LogP contribution in [0, 0.1) is 11.8 Å². The molecule has 0 unspecified atom stereocenters. The van der Waals surface area contributed by atoms with E-state index in [0.29, 0.717) is 25.8 Å². The third kappa shape index (κ3) is 7.80. The van der Waals surface area contributed by atoms with E-state index in [9.17, 15) is 24.0 Å². The molecule has 1 fully saturated rings. The van der Waals surface area contributed by atoms with Gasteiger partial charge in [0.05, 0.1) is 0 Å². The van der Waals surface area contributed by atoms with E-state index < -0.39 is 30.1 Å². The summed E-state index contributed by atoms with van der Waals surface area (Å²) in [6.45, 7) is 10.8. The van der Waals surface area contributed by atoms with Crippen molar-refractivity contribution in [2.75, 3.05) is 13.6 Å². The largest absolute Gasteiger partial charge is 0.357 e.